The van der Waals surface area contributed by atoms with Gasteiger partial charge in [-0.3, -0.25) is 13.9 Å². The summed E-state index contributed by atoms with van der Waals surface area (Å²) in [6.07, 6.45) is 1.67. The molecule has 0 aliphatic carbocycles. The van der Waals surface area contributed by atoms with E-state index in [9.17, 15) is 10.1 Å². The average molecular weight is 385 g/mol. The Morgan fingerprint density at radius 1 is 1.17 bits per heavy atom. The van der Waals surface area contributed by atoms with Crippen LogP contribution in [-0.2, 0) is 13.7 Å². The summed E-state index contributed by atoms with van der Waals surface area (Å²) in [6, 6.07) is 14.8. The molecule has 0 spiro atoms. The molecule has 0 bridgehead atoms. The highest BCUT2D eigenvalue weighted by Gasteiger charge is 2.17. The van der Waals surface area contributed by atoms with Gasteiger partial charge in [-0.2, -0.15) is 10.4 Å². The summed E-state index contributed by atoms with van der Waals surface area (Å²) < 4.78 is 9.14. The summed E-state index contributed by atoms with van der Waals surface area (Å²) in [5, 5.41) is 13.7. The third-order valence-electron chi connectivity index (χ3n) is 4.89. The van der Waals surface area contributed by atoms with Crippen molar-refractivity contribution in [2.75, 3.05) is 0 Å². The van der Waals surface area contributed by atoms with Crippen LogP contribution in [0.1, 0.15) is 22.5 Å². The fourth-order valence-corrected chi connectivity index (χ4v) is 3.24. The van der Waals surface area contributed by atoms with Gasteiger partial charge in [0.05, 0.1) is 28.6 Å². The molecule has 7 nitrogen and oxygen atoms in total. The van der Waals surface area contributed by atoms with Gasteiger partial charge in [-0.05, 0) is 38.1 Å². The Labute approximate surface area is 167 Å². The van der Waals surface area contributed by atoms with Crippen LogP contribution in [0.15, 0.2) is 53.5 Å². The highest BCUT2D eigenvalue weighted by molar-refractivity contribution is 5.65. The summed E-state index contributed by atoms with van der Waals surface area (Å²) in [5.74, 6) is 0.476. The number of hydrogen-bond acceptors (Lipinski definition) is 5. The first kappa shape index (κ1) is 18.4. The monoisotopic (exact) mass is 385 g/mol. The molecule has 0 aliphatic heterocycles. The first-order valence-electron chi connectivity index (χ1n) is 9.13. The number of nitriles is 1. The molecule has 0 unspecified atom stereocenters. The van der Waals surface area contributed by atoms with Gasteiger partial charge in [-0.25, -0.2) is 4.98 Å². The molecule has 0 N–H and O–H groups in total. The van der Waals surface area contributed by atoms with Gasteiger partial charge in [-0.1, -0.05) is 18.2 Å². The number of pyridine rings is 1. The van der Waals surface area contributed by atoms with Crippen LogP contribution >= 0.6 is 0 Å². The van der Waals surface area contributed by atoms with Gasteiger partial charge in [0.1, 0.15) is 6.61 Å². The van der Waals surface area contributed by atoms with Crippen LogP contribution in [0.2, 0.25) is 0 Å². The Hall–Kier alpha value is -3.92. The van der Waals surface area contributed by atoms with E-state index in [1.165, 1.54) is 4.40 Å². The second-order valence-corrected chi connectivity index (χ2v) is 6.80. The zero-order chi connectivity index (χ0) is 20.5. The lowest BCUT2D eigenvalue weighted by molar-refractivity contribution is 0.307. The Balaban J connectivity index is 1.78. The molecule has 7 heteroatoms. The highest BCUT2D eigenvalue weighted by atomic mass is 16.5. The van der Waals surface area contributed by atoms with E-state index < -0.39 is 0 Å². The van der Waals surface area contributed by atoms with Crippen LogP contribution in [0, 0.1) is 25.2 Å². The normalized spacial score (nSPS) is 10.8. The Kier molecular flexibility index (Phi) is 4.61. The summed E-state index contributed by atoms with van der Waals surface area (Å²) in [7, 11) is 1.84. The van der Waals surface area contributed by atoms with E-state index in [2.05, 4.69) is 16.2 Å². The third-order valence-corrected chi connectivity index (χ3v) is 4.89. The number of ether oxygens (including phenoxy) is 1. The fourth-order valence-electron chi connectivity index (χ4n) is 3.24. The van der Waals surface area contributed by atoms with E-state index in [1.54, 1.807) is 36.0 Å². The van der Waals surface area contributed by atoms with Crippen LogP contribution in [0.3, 0.4) is 0 Å². The maximum Gasteiger partial charge on any atom is 0.267 e. The molecule has 3 aromatic heterocycles. The molecule has 144 valence electrons. The van der Waals surface area contributed by atoms with E-state index in [1.807, 2.05) is 38.2 Å². The molecule has 0 saturated carbocycles. The average Bonchev–Trinajstić information content (AvgIpc) is 3.04. The number of rotatable bonds is 4. The standard InChI is InChI=1S/C22H19N5O2/c1-14-11-18(25-26(14)3)20-15(2)24-21-19(9-6-10-27(21)22(20)28)29-13-17-8-5-4-7-16(17)12-23/h4-11H,13H2,1-3H3. The van der Waals surface area contributed by atoms with E-state index in [0.717, 1.165) is 11.3 Å². The molecule has 0 fully saturated rings. The zero-order valence-corrected chi connectivity index (χ0v) is 16.4. The lowest BCUT2D eigenvalue weighted by atomic mass is 10.1. The van der Waals surface area contributed by atoms with Crippen molar-refractivity contribution in [2.45, 2.75) is 20.5 Å². The van der Waals surface area contributed by atoms with Gasteiger partial charge in [0.25, 0.3) is 5.56 Å². The summed E-state index contributed by atoms with van der Waals surface area (Å²) in [6.45, 7) is 3.94. The van der Waals surface area contributed by atoms with E-state index >= 15 is 0 Å². The van der Waals surface area contributed by atoms with Crippen molar-refractivity contribution in [1.29, 1.82) is 5.26 Å². The topological polar surface area (TPSA) is 85.2 Å². The molecule has 0 atom stereocenters. The molecule has 0 saturated heterocycles. The number of fused-ring (bicyclic) bond motifs is 1. The van der Waals surface area contributed by atoms with Crippen molar-refractivity contribution in [1.82, 2.24) is 19.2 Å². The van der Waals surface area contributed by atoms with E-state index in [4.69, 9.17) is 4.74 Å². The second-order valence-electron chi connectivity index (χ2n) is 6.80. The quantitative estimate of drug-likeness (QED) is 0.539. The number of nitrogens with zero attached hydrogens (tertiary/aromatic N) is 5. The van der Waals surface area contributed by atoms with Gasteiger partial charge in [0, 0.05) is 24.5 Å². The minimum atomic E-state index is -0.200. The van der Waals surface area contributed by atoms with Crippen molar-refractivity contribution in [3.63, 3.8) is 0 Å². The van der Waals surface area contributed by atoms with Crippen molar-refractivity contribution in [3.8, 4) is 23.1 Å². The molecule has 0 aliphatic rings. The van der Waals surface area contributed by atoms with Crippen molar-refractivity contribution in [3.05, 3.63) is 81.5 Å². The summed E-state index contributed by atoms with van der Waals surface area (Å²) >= 11 is 0. The maximum atomic E-state index is 13.2. The van der Waals surface area contributed by atoms with E-state index in [0.29, 0.717) is 33.9 Å². The number of aryl methyl sites for hydroxylation is 3. The van der Waals surface area contributed by atoms with Gasteiger partial charge in [0.15, 0.2) is 11.4 Å². The SMILES string of the molecule is Cc1nc2c(OCc3ccccc3C#N)cccn2c(=O)c1-c1cc(C)n(C)n1. The minimum Gasteiger partial charge on any atom is -0.485 e. The fraction of sp³-hybridized carbons (Fsp3) is 0.182. The van der Waals surface area contributed by atoms with Crippen LogP contribution < -0.4 is 10.3 Å². The molecule has 3 heterocycles. The number of hydrogen-bond donors (Lipinski definition) is 0. The predicted molar refractivity (Wildman–Crippen MR) is 109 cm³/mol. The van der Waals surface area contributed by atoms with Gasteiger partial charge in [0.2, 0.25) is 0 Å². The largest absolute Gasteiger partial charge is 0.485 e. The Morgan fingerprint density at radius 2 is 1.97 bits per heavy atom. The summed E-state index contributed by atoms with van der Waals surface area (Å²) in [5.41, 5.74) is 4.17. The van der Waals surface area contributed by atoms with Crippen molar-refractivity contribution >= 4 is 5.65 Å². The lowest BCUT2D eigenvalue weighted by Gasteiger charge is -2.12. The van der Waals surface area contributed by atoms with Gasteiger partial charge in [-0.15, -0.1) is 0 Å². The molecule has 0 radical (unpaired) electrons. The molecule has 4 rings (SSSR count). The molecular formula is C22H19N5O2. The minimum absolute atomic E-state index is 0.200. The molecule has 1 aromatic carbocycles. The second kappa shape index (κ2) is 7.24. The Bertz CT molecular complexity index is 1310. The van der Waals surface area contributed by atoms with Crippen molar-refractivity contribution < 1.29 is 4.74 Å². The summed E-state index contributed by atoms with van der Waals surface area (Å²) in [4.78, 5) is 17.8. The number of aromatic nitrogens is 4. The van der Waals surface area contributed by atoms with E-state index in [-0.39, 0.29) is 12.2 Å². The molecule has 0 amide bonds. The molecular weight excluding hydrogens is 366 g/mol. The predicted octanol–water partition coefficient (Wildman–Crippen LogP) is 3.16. The third kappa shape index (κ3) is 3.25. The number of benzene rings is 1. The van der Waals surface area contributed by atoms with Crippen LogP contribution in [0.5, 0.6) is 5.75 Å². The molecule has 29 heavy (non-hydrogen) atoms. The zero-order valence-electron chi connectivity index (χ0n) is 16.4. The van der Waals surface area contributed by atoms with Crippen LogP contribution in [-0.4, -0.2) is 19.2 Å². The maximum absolute atomic E-state index is 13.2. The van der Waals surface area contributed by atoms with Crippen LogP contribution in [0.4, 0.5) is 0 Å². The van der Waals surface area contributed by atoms with Gasteiger partial charge >= 0.3 is 0 Å². The lowest BCUT2D eigenvalue weighted by Crippen LogP contribution is -2.19. The first-order valence-corrected chi connectivity index (χ1v) is 9.13. The smallest absolute Gasteiger partial charge is 0.267 e. The first-order chi connectivity index (χ1) is 14.0. The van der Waals surface area contributed by atoms with Gasteiger partial charge < -0.3 is 4.74 Å². The van der Waals surface area contributed by atoms with Crippen molar-refractivity contribution in [2.24, 2.45) is 7.05 Å². The van der Waals surface area contributed by atoms with Crippen LogP contribution in [0.25, 0.3) is 16.9 Å². The molecule has 4 aromatic rings. The highest BCUT2D eigenvalue weighted by Crippen LogP contribution is 2.23. The Morgan fingerprint density at radius 3 is 2.69 bits per heavy atom.